The van der Waals surface area contributed by atoms with E-state index in [0.29, 0.717) is 12.2 Å². The van der Waals surface area contributed by atoms with Crippen LogP contribution < -0.4 is 20.1 Å². The zero-order chi connectivity index (χ0) is 17.2. The minimum absolute atomic E-state index is 0.141. The quantitative estimate of drug-likeness (QED) is 0.806. The Morgan fingerprint density at radius 2 is 1.88 bits per heavy atom. The van der Waals surface area contributed by atoms with Crippen molar-refractivity contribution in [3.05, 3.63) is 48.5 Å². The topological polar surface area (TPSA) is 84.7 Å². The number of nitrogens with one attached hydrogen (secondary N) is 1. The van der Waals surface area contributed by atoms with E-state index < -0.39 is 10.0 Å². The number of rotatable bonds is 5. The Balaban J connectivity index is 1.71. The van der Waals surface area contributed by atoms with Crippen molar-refractivity contribution in [2.24, 2.45) is 0 Å². The van der Waals surface area contributed by atoms with Crippen molar-refractivity contribution in [1.82, 2.24) is 4.72 Å². The maximum Gasteiger partial charge on any atom is 0.240 e. The molecule has 1 heterocycles. The molecule has 0 amide bonds. The lowest BCUT2D eigenvalue weighted by Crippen LogP contribution is -2.37. The van der Waals surface area contributed by atoms with Crippen molar-refractivity contribution in [3.63, 3.8) is 0 Å². The van der Waals surface area contributed by atoms with Gasteiger partial charge in [-0.2, -0.15) is 0 Å². The van der Waals surface area contributed by atoms with Crippen molar-refractivity contribution < 1.29 is 13.2 Å². The molecular weight excluding hydrogens is 326 g/mol. The predicted octanol–water partition coefficient (Wildman–Crippen LogP) is 1.83. The lowest BCUT2D eigenvalue weighted by atomic mass is 10.2. The summed E-state index contributed by atoms with van der Waals surface area (Å²) in [4.78, 5) is 2.36. The largest absolute Gasteiger partial charge is 0.495 e. The summed E-state index contributed by atoms with van der Waals surface area (Å²) in [5.74, 6) is 0.791. The molecule has 0 aromatic heterocycles. The number of ether oxygens (including phenoxy) is 1. The van der Waals surface area contributed by atoms with Gasteiger partial charge < -0.3 is 15.4 Å². The van der Waals surface area contributed by atoms with E-state index in [-0.39, 0.29) is 10.9 Å². The van der Waals surface area contributed by atoms with Crippen LogP contribution in [0, 0.1) is 0 Å². The molecule has 0 saturated carbocycles. The summed E-state index contributed by atoms with van der Waals surface area (Å²) >= 11 is 0. The zero-order valence-corrected chi connectivity index (χ0v) is 14.3. The van der Waals surface area contributed by atoms with Gasteiger partial charge in [-0.3, -0.25) is 0 Å². The van der Waals surface area contributed by atoms with E-state index in [1.165, 1.54) is 12.1 Å². The van der Waals surface area contributed by atoms with Crippen LogP contribution in [0.2, 0.25) is 0 Å². The van der Waals surface area contributed by atoms with Gasteiger partial charge >= 0.3 is 0 Å². The number of nitrogens with two attached hydrogens (primary N) is 1. The predicted molar refractivity (Wildman–Crippen MR) is 94.8 cm³/mol. The summed E-state index contributed by atoms with van der Waals surface area (Å²) in [6, 6.07) is 13.8. The van der Waals surface area contributed by atoms with Crippen LogP contribution in [0.15, 0.2) is 53.4 Å². The molecule has 2 aromatic rings. The van der Waals surface area contributed by atoms with Crippen molar-refractivity contribution in [1.29, 1.82) is 0 Å². The summed E-state index contributed by atoms with van der Waals surface area (Å²) in [6.07, 6.45) is 0.742. The Labute approximate surface area is 142 Å². The van der Waals surface area contributed by atoms with Crippen LogP contribution >= 0.6 is 0 Å². The fraction of sp³-hybridized carbons (Fsp3) is 0.294. The maximum atomic E-state index is 12.5. The van der Waals surface area contributed by atoms with Gasteiger partial charge in [-0.25, -0.2) is 13.1 Å². The molecule has 2 aromatic carbocycles. The second-order valence-electron chi connectivity index (χ2n) is 5.79. The Hall–Kier alpha value is -2.25. The summed E-state index contributed by atoms with van der Waals surface area (Å²) < 4.78 is 33.1. The van der Waals surface area contributed by atoms with Gasteiger partial charge in [-0.05, 0) is 42.8 Å². The minimum Gasteiger partial charge on any atom is -0.495 e. The first kappa shape index (κ1) is 16.6. The van der Waals surface area contributed by atoms with Crippen molar-refractivity contribution in [2.75, 3.05) is 30.8 Å². The molecule has 1 aliphatic rings. The van der Waals surface area contributed by atoms with E-state index >= 15 is 0 Å². The average Bonchev–Trinajstić information content (AvgIpc) is 3.02. The van der Waals surface area contributed by atoms with Gasteiger partial charge in [0.15, 0.2) is 0 Å². The summed E-state index contributed by atoms with van der Waals surface area (Å²) in [5, 5.41) is 0. The third-order valence-corrected chi connectivity index (χ3v) is 5.66. The molecule has 24 heavy (non-hydrogen) atoms. The molecule has 0 bridgehead atoms. The highest BCUT2D eigenvalue weighted by Crippen LogP contribution is 2.30. The molecule has 128 valence electrons. The first-order valence-electron chi connectivity index (χ1n) is 7.75. The molecular formula is C17H21N3O3S. The highest BCUT2D eigenvalue weighted by atomic mass is 32.2. The summed E-state index contributed by atoms with van der Waals surface area (Å²) in [6.45, 7) is 1.38. The van der Waals surface area contributed by atoms with Crippen LogP contribution in [0.3, 0.4) is 0 Å². The molecule has 0 radical (unpaired) electrons. The number of methoxy groups -OCH3 is 1. The molecule has 1 aliphatic heterocycles. The number of nitrogens with zero attached hydrogens (tertiary/aromatic N) is 1. The first-order valence-corrected chi connectivity index (χ1v) is 9.24. The Kier molecular flexibility index (Phi) is 4.64. The molecule has 7 heteroatoms. The van der Waals surface area contributed by atoms with E-state index in [4.69, 9.17) is 10.5 Å². The van der Waals surface area contributed by atoms with Crippen molar-refractivity contribution >= 4 is 21.4 Å². The smallest absolute Gasteiger partial charge is 0.240 e. The number of nitrogen functional groups attached to an aromatic ring is 1. The Bertz CT molecular complexity index is 806. The third kappa shape index (κ3) is 3.47. The molecule has 1 unspecified atom stereocenters. The molecule has 0 spiro atoms. The van der Waals surface area contributed by atoms with E-state index in [2.05, 4.69) is 9.62 Å². The number of para-hydroxylation sites is 2. The van der Waals surface area contributed by atoms with Crippen LogP contribution in [-0.2, 0) is 10.0 Å². The molecule has 0 aliphatic carbocycles. The molecule has 3 rings (SSSR count). The molecule has 3 N–H and O–H groups in total. The third-order valence-electron chi connectivity index (χ3n) is 4.13. The number of benzene rings is 2. The van der Waals surface area contributed by atoms with Gasteiger partial charge in [0.2, 0.25) is 10.0 Å². The molecule has 6 nitrogen and oxygen atoms in total. The van der Waals surface area contributed by atoms with Crippen LogP contribution in [0.4, 0.5) is 11.4 Å². The van der Waals surface area contributed by atoms with Crippen LogP contribution in [0.5, 0.6) is 5.75 Å². The van der Waals surface area contributed by atoms with Gasteiger partial charge in [-0.15, -0.1) is 0 Å². The van der Waals surface area contributed by atoms with E-state index in [9.17, 15) is 8.42 Å². The Morgan fingerprint density at radius 3 is 2.58 bits per heavy atom. The second-order valence-corrected chi connectivity index (χ2v) is 7.51. The van der Waals surface area contributed by atoms with Gasteiger partial charge in [0, 0.05) is 24.8 Å². The van der Waals surface area contributed by atoms with Gasteiger partial charge in [-0.1, -0.05) is 12.1 Å². The number of hydrogen-bond donors (Lipinski definition) is 2. The number of hydrogen-bond acceptors (Lipinski definition) is 5. The van der Waals surface area contributed by atoms with Crippen molar-refractivity contribution in [3.8, 4) is 5.75 Å². The van der Waals surface area contributed by atoms with Gasteiger partial charge in [0.05, 0.1) is 17.7 Å². The maximum absolute atomic E-state index is 12.5. The standard InChI is InChI=1S/C17H21N3O3S/c1-23-17-5-3-2-4-16(17)20-11-10-14(12-20)19-24(21,22)15-8-6-13(18)7-9-15/h2-9,14,19H,10-12,18H2,1H3. The fourth-order valence-corrected chi connectivity index (χ4v) is 4.16. The monoisotopic (exact) mass is 347 g/mol. The molecule has 1 saturated heterocycles. The van der Waals surface area contributed by atoms with Gasteiger partial charge in [0.25, 0.3) is 0 Å². The summed E-state index contributed by atoms with van der Waals surface area (Å²) in [7, 11) is -1.91. The van der Waals surface area contributed by atoms with Crippen molar-refractivity contribution in [2.45, 2.75) is 17.4 Å². The first-order chi connectivity index (χ1) is 11.5. The van der Waals surface area contributed by atoms with Crippen LogP contribution in [0.1, 0.15) is 6.42 Å². The lowest BCUT2D eigenvalue weighted by Gasteiger charge is -2.21. The lowest BCUT2D eigenvalue weighted by molar-refractivity contribution is 0.415. The van der Waals surface area contributed by atoms with Gasteiger partial charge in [0.1, 0.15) is 5.75 Å². The number of anilines is 2. The zero-order valence-electron chi connectivity index (χ0n) is 13.5. The van der Waals surface area contributed by atoms with Crippen LogP contribution in [-0.4, -0.2) is 34.7 Å². The van der Waals surface area contributed by atoms with Crippen LogP contribution in [0.25, 0.3) is 0 Å². The molecule has 1 fully saturated rings. The highest BCUT2D eigenvalue weighted by molar-refractivity contribution is 7.89. The fourth-order valence-electron chi connectivity index (χ4n) is 2.90. The molecule has 1 atom stereocenters. The number of sulfonamides is 1. The Morgan fingerprint density at radius 1 is 1.17 bits per heavy atom. The normalized spacial score (nSPS) is 17.9. The SMILES string of the molecule is COc1ccccc1N1CCC(NS(=O)(=O)c2ccc(N)cc2)C1. The summed E-state index contributed by atoms with van der Waals surface area (Å²) in [5.41, 5.74) is 7.13. The van der Waals surface area contributed by atoms with E-state index in [1.807, 2.05) is 24.3 Å². The van der Waals surface area contributed by atoms with E-state index in [0.717, 1.165) is 24.4 Å². The highest BCUT2D eigenvalue weighted by Gasteiger charge is 2.28. The second kappa shape index (κ2) is 6.70. The minimum atomic E-state index is -3.55. The average molecular weight is 347 g/mol. The van der Waals surface area contributed by atoms with E-state index in [1.54, 1.807) is 19.2 Å².